The Bertz CT molecular complexity index is 547. The maximum Gasteiger partial charge on any atom is 0.261 e. The Hall–Kier alpha value is -0.570. The molecule has 0 spiro atoms. The predicted molar refractivity (Wildman–Crippen MR) is 78.4 cm³/mol. The van der Waals surface area contributed by atoms with Crippen LogP contribution in [0.2, 0.25) is 0 Å². The number of hydrogen-bond acceptors (Lipinski definition) is 5. The van der Waals surface area contributed by atoms with Crippen LogP contribution in [0.3, 0.4) is 0 Å². The molecule has 19 heavy (non-hydrogen) atoms. The predicted octanol–water partition coefficient (Wildman–Crippen LogP) is 1.24. The normalized spacial score (nSPS) is 17.3. The fraction of sp³-hybridized carbons (Fsp3) is 0.545. The first-order valence-electron chi connectivity index (χ1n) is 6.00. The van der Waals surface area contributed by atoms with Crippen LogP contribution in [0.15, 0.2) is 16.3 Å². The molecule has 1 aliphatic rings. The highest BCUT2D eigenvalue weighted by atomic mass is 32.2. The summed E-state index contributed by atoms with van der Waals surface area (Å²) in [5.74, 6) is 1.43. The molecule has 1 aromatic heterocycles. The van der Waals surface area contributed by atoms with E-state index < -0.39 is 10.0 Å². The molecular formula is C11H16N2O3S3. The van der Waals surface area contributed by atoms with Crippen molar-refractivity contribution in [2.75, 3.05) is 31.1 Å². The fourth-order valence-corrected chi connectivity index (χ4v) is 5.51. The average Bonchev–Trinajstić information content (AvgIpc) is 2.90. The topological polar surface area (TPSA) is 66.5 Å². The molecule has 8 heteroatoms. The van der Waals surface area contributed by atoms with Gasteiger partial charge in [0.15, 0.2) is 0 Å². The Balaban J connectivity index is 2.19. The van der Waals surface area contributed by atoms with Crippen molar-refractivity contribution in [1.29, 1.82) is 0 Å². The molecule has 0 radical (unpaired) electrons. The first-order chi connectivity index (χ1) is 9.05. The van der Waals surface area contributed by atoms with Crippen LogP contribution in [0.25, 0.3) is 0 Å². The first-order valence-corrected chi connectivity index (χ1v) is 9.47. The van der Waals surface area contributed by atoms with Gasteiger partial charge in [-0.3, -0.25) is 4.79 Å². The van der Waals surface area contributed by atoms with Gasteiger partial charge in [0, 0.05) is 36.5 Å². The smallest absolute Gasteiger partial charge is 0.261 e. The van der Waals surface area contributed by atoms with Crippen molar-refractivity contribution in [2.45, 2.75) is 11.8 Å². The molecule has 0 atom stereocenters. The van der Waals surface area contributed by atoms with E-state index in [4.69, 9.17) is 0 Å². The van der Waals surface area contributed by atoms with Gasteiger partial charge in [0.25, 0.3) is 5.91 Å². The van der Waals surface area contributed by atoms with Gasteiger partial charge in [-0.25, -0.2) is 8.42 Å². The van der Waals surface area contributed by atoms with Gasteiger partial charge >= 0.3 is 0 Å². The van der Waals surface area contributed by atoms with Gasteiger partial charge < -0.3 is 5.32 Å². The summed E-state index contributed by atoms with van der Waals surface area (Å²) in [6.45, 7) is 3.44. The van der Waals surface area contributed by atoms with Crippen molar-refractivity contribution >= 4 is 39.0 Å². The highest BCUT2D eigenvalue weighted by molar-refractivity contribution is 7.99. The van der Waals surface area contributed by atoms with E-state index in [2.05, 4.69) is 5.32 Å². The molecule has 106 valence electrons. The number of thioether (sulfide) groups is 1. The fourth-order valence-electron chi connectivity index (χ4n) is 1.76. The third-order valence-corrected chi connectivity index (χ3v) is 6.64. The molecule has 0 aliphatic carbocycles. The Morgan fingerprint density at radius 1 is 1.42 bits per heavy atom. The molecular weight excluding hydrogens is 304 g/mol. The number of carbonyl (C=O) groups excluding carboxylic acids is 1. The number of thiophene rings is 1. The summed E-state index contributed by atoms with van der Waals surface area (Å²) >= 11 is 2.92. The van der Waals surface area contributed by atoms with Crippen LogP contribution in [-0.2, 0) is 10.0 Å². The molecule has 2 heterocycles. The van der Waals surface area contributed by atoms with Gasteiger partial charge in [-0.05, 0) is 13.0 Å². The number of nitrogens with zero attached hydrogens (tertiary/aromatic N) is 1. The maximum absolute atomic E-state index is 12.4. The summed E-state index contributed by atoms with van der Waals surface area (Å²) in [5.41, 5.74) is 0. The number of amides is 1. The maximum atomic E-state index is 12.4. The van der Waals surface area contributed by atoms with Crippen molar-refractivity contribution in [2.24, 2.45) is 0 Å². The second-order valence-corrected chi connectivity index (χ2v) is 8.10. The third-order valence-electron chi connectivity index (χ3n) is 2.74. The SMILES string of the molecule is CCNC(=O)c1cc(S(=O)(=O)N2CCSCC2)cs1. The zero-order valence-corrected chi connectivity index (χ0v) is 13.0. The second kappa shape index (κ2) is 6.25. The summed E-state index contributed by atoms with van der Waals surface area (Å²) in [7, 11) is -3.44. The minimum absolute atomic E-state index is 0.219. The summed E-state index contributed by atoms with van der Waals surface area (Å²) in [6.07, 6.45) is 0. The lowest BCUT2D eigenvalue weighted by atomic mass is 10.4. The van der Waals surface area contributed by atoms with Crippen LogP contribution in [0.1, 0.15) is 16.6 Å². The van der Waals surface area contributed by atoms with E-state index in [1.165, 1.54) is 21.7 Å². The summed E-state index contributed by atoms with van der Waals surface area (Å²) < 4.78 is 26.2. The quantitative estimate of drug-likeness (QED) is 0.906. The Morgan fingerprint density at radius 3 is 2.74 bits per heavy atom. The van der Waals surface area contributed by atoms with Gasteiger partial charge in [-0.15, -0.1) is 11.3 Å². The summed E-state index contributed by atoms with van der Waals surface area (Å²) in [6, 6.07) is 1.47. The molecule has 1 aliphatic heterocycles. The molecule has 0 aromatic carbocycles. The first kappa shape index (κ1) is 14.8. The van der Waals surface area contributed by atoms with Crippen molar-refractivity contribution in [3.63, 3.8) is 0 Å². The minimum Gasteiger partial charge on any atom is -0.352 e. The number of rotatable bonds is 4. The highest BCUT2D eigenvalue weighted by Crippen LogP contribution is 2.24. The molecule has 1 fully saturated rings. The van der Waals surface area contributed by atoms with Gasteiger partial charge in [0.05, 0.1) is 9.77 Å². The van der Waals surface area contributed by atoms with Crippen LogP contribution in [0.5, 0.6) is 0 Å². The van der Waals surface area contributed by atoms with E-state index in [-0.39, 0.29) is 10.8 Å². The van der Waals surface area contributed by atoms with Crippen LogP contribution in [0, 0.1) is 0 Å². The zero-order valence-electron chi connectivity index (χ0n) is 10.6. The van der Waals surface area contributed by atoms with Gasteiger partial charge in [-0.1, -0.05) is 0 Å². The number of sulfonamides is 1. The average molecular weight is 320 g/mol. The highest BCUT2D eigenvalue weighted by Gasteiger charge is 2.27. The molecule has 1 aromatic rings. The Kier molecular flexibility index (Phi) is 4.88. The summed E-state index contributed by atoms with van der Waals surface area (Å²) in [5, 5.41) is 4.21. The molecule has 2 rings (SSSR count). The molecule has 1 saturated heterocycles. The number of hydrogen-bond donors (Lipinski definition) is 1. The van der Waals surface area contributed by atoms with Crippen LogP contribution >= 0.6 is 23.1 Å². The molecule has 0 bridgehead atoms. The van der Waals surface area contributed by atoms with Crippen molar-refractivity contribution in [1.82, 2.24) is 9.62 Å². The van der Waals surface area contributed by atoms with E-state index in [1.54, 1.807) is 17.1 Å². The van der Waals surface area contributed by atoms with Gasteiger partial charge in [-0.2, -0.15) is 16.1 Å². The van der Waals surface area contributed by atoms with Crippen molar-refractivity contribution in [3.05, 3.63) is 16.3 Å². The molecule has 1 amide bonds. The van der Waals surface area contributed by atoms with E-state index in [0.29, 0.717) is 24.5 Å². The van der Waals surface area contributed by atoms with Gasteiger partial charge in [0.1, 0.15) is 0 Å². The largest absolute Gasteiger partial charge is 0.352 e. The van der Waals surface area contributed by atoms with Crippen molar-refractivity contribution < 1.29 is 13.2 Å². The van der Waals surface area contributed by atoms with E-state index >= 15 is 0 Å². The number of nitrogens with one attached hydrogen (secondary N) is 1. The molecule has 1 N–H and O–H groups in total. The molecule has 0 unspecified atom stereocenters. The van der Waals surface area contributed by atoms with Gasteiger partial charge in [0.2, 0.25) is 10.0 Å². The van der Waals surface area contributed by atoms with E-state index in [1.807, 2.05) is 6.92 Å². The number of carbonyl (C=O) groups is 1. The minimum atomic E-state index is -3.44. The van der Waals surface area contributed by atoms with Crippen LogP contribution < -0.4 is 5.32 Å². The summed E-state index contributed by atoms with van der Waals surface area (Å²) in [4.78, 5) is 12.3. The Labute approximate surface area is 121 Å². The van der Waals surface area contributed by atoms with Crippen molar-refractivity contribution in [3.8, 4) is 0 Å². The standard InChI is InChI=1S/C11H16N2O3S3/c1-2-12-11(14)10-7-9(8-18-10)19(15,16)13-3-5-17-6-4-13/h7-8H,2-6H2,1H3,(H,12,14). The van der Waals surface area contributed by atoms with E-state index in [9.17, 15) is 13.2 Å². The molecule has 0 saturated carbocycles. The van der Waals surface area contributed by atoms with Crippen LogP contribution in [-0.4, -0.2) is 49.8 Å². The Morgan fingerprint density at radius 2 is 2.11 bits per heavy atom. The van der Waals surface area contributed by atoms with E-state index in [0.717, 1.165) is 11.5 Å². The monoisotopic (exact) mass is 320 g/mol. The van der Waals surface area contributed by atoms with Crippen LogP contribution in [0.4, 0.5) is 0 Å². The lowest BCUT2D eigenvalue weighted by Crippen LogP contribution is -2.37. The lowest BCUT2D eigenvalue weighted by molar-refractivity contribution is 0.0959. The third kappa shape index (κ3) is 3.31. The second-order valence-electron chi connectivity index (χ2n) is 4.02. The molecule has 5 nitrogen and oxygen atoms in total. The zero-order chi connectivity index (χ0) is 13.9. The lowest BCUT2D eigenvalue weighted by Gasteiger charge is -2.24.